The van der Waals surface area contributed by atoms with Gasteiger partial charge in [0, 0.05) is 20.0 Å². The molecule has 0 aromatic rings. The van der Waals surface area contributed by atoms with Gasteiger partial charge in [0.05, 0.1) is 0 Å². The molecular weight excluding hydrogens is 176 g/mol. The minimum absolute atomic E-state index is 0.176. The van der Waals surface area contributed by atoms with E-state index < -0.39 is 0 Å². The van der Waals surface area contributed by atoms with Crippen molar-refractivity contribution in [2.24, 2.45) is 5.73 Å². The summed E-state index contributed by atoms with van der Waals surface area (Å²) >= 11 is 0. The first-order chi connectivity index (χ1) is 6.72. The maximum absolute atomic E-state index is 11.2. The van der Waals surface area contributed by atoms with Crippen LogP contribution in [0.2, 0.25) is 0 Å². The van der Waals surface area contributed by atoms with E-state index in [1.165, 1.54) is 19.3 Å². The summed E-state index contributed by atoms with van der Waals surface area (Å²) in [4.78, 5) is 13.1. The minimum atomic E-state index is 0.176. The molecule has 0 saturated carbocycles. The molecule has 0 aliphatic heterocycles. The molecule has 0 aliphatic rings. The van der Waals surface area contributed by atoms with Crippen LogP contribution in [0.25, 0.3) is 0 Å². The fraction of sp³-hybridized carbons (Fsp3) is 0.909. The van der Waals surface area contributed by atoms with E-state index in [1.54, 1.807) is 6.92 Å². The summed E-state index contributed by atoms with van der Waals surface area (Å²) in [6.45, 7) is 6.21. The zero-order chi connectivity index (χ0) is 10.8. The Morgan fingerprint density at radius 2 is 1.79 bits per heavy atom. The lowest BCUT2D eigenvalue weighted by Crippen LogP contribution is -2.31. The number of rotatable bonds is 8. The lowest BCUT2D eigenvalue weighted by atomic mass is 10.2. The van der Waals surface area contributed by atoms with E-state index in [-0.39, 0.29) is 5.91 Å². The van der Waals surface area contributed by atoms with Crippen LogP contribution in [0.15, 0.2) is 0 Å². The van der Waals surface area contributed by atoms with Crippen molar-refractivity contribution in [3.63, 3.8) is 0 Å². The summed E-state index contributed by atoms with van der Waals surface area (Å²) in [5, 5.41) is 0. The molecule has 0 bridgehead atoms. The molecule has 0 aliphatic carbocycles. The Labute approximate surface area is 87.6 Å². The molecule has 14 heavy (non-hydrogen) atoms. The van der Waals surface area contributed by atoms with Crippen molar-refractivity contribution >= 4 is 5.91 Å². The van der Waals surface area contributed by atoms with Crippen LogP contribution in [0.1, 0.15) is 46.0 Å². The largest absolute Gasteiger partial charge is 0.343 e. The number of hydrogen-bond donors (Lipinski definition) is 1. The molecule has 1 amide bonds. The van der Waals surface area contributed by atoms with E-state index in [1.807, 2.05) is 4.90 Å². The third-order valence-corrected chi connectivity index (χ3v) is 2.36. The Kier molecular flexibility index (Phi) is 8.64. The van der Waals surface area contributed by atoms with Gasteiger partial charge in [-0.15, -0.1) is 0 Å². The van der Waals surface area contributed by atoms with Crippen LogP contribution in [0, 0.1) is 0 Å². The minimum Gasteiger partial charge on any atom is -0.343 e. The van der Waals surface area contributed by atoms with Crippen molar-refractivity contribution in [3.8, 4) is 0 Å². The van der Waals surface area contributed by atoms with Gasteiger partial charge in [0.1, 0.15) is 0 Å². The molecule has 0 heterocycles. The maximum atomic E-state index is 11.2. The van der Waals surface area contributed by atoms with E-state index in [4.69, 9.17) is 5.73 Å². The first kappa shape index (κ1) is 13.4. The van der Waals surface area contributed by atoms with Crippen molar-refractivity contribution in [1.82, 2.24) is 4.90 Å². The second kappa shape index (κ2) is 9.00. The quantitative estimate of drug-likeness (QED) is 0.607. The fourth-order valence-electron chi connectivity index (χ4n) is 1.44. The van der Waals surface area contributed by atoms with Crippen molar-refractivity contribution in [3.05, 3.63) is 0 Å². The molecule has 0 atom stereocenters. The van der Waals surface area contributed by atoms with E-state index in [0.717, 1.165) is 25.9 Å². The highest BCUT2D eigenvalue weighted by Crippen LogP contribution is 2.02. The molecule has 0 radical (unpaired) electrons. The summed E-state index contributed by atoms with van der Waals surface area (Å²) in [7, 11) is 0. The highest BCUT2D eigenvalue weighted by molar-refractivity contribution is 5.73. The van der Waals surface area contributed by atoms with Gasteiger partial charge in [-0.25, -0.2) is 0 Å². The molecular formula is C11H24N2O. The molecule has 84 valence electrons. The summed E-state index contributed by atoms with van der Waals surface area (Å²) in [5.74, 6) is 0.176. The van der Waals surface area contributed by atoms with Gasteiger partial charge in [-0.1, -0.05) is 26.2 Å². The topological polar surface area (TPSA) is 46.3 Å². The van der Waals surface area contributed by atoms with Crippen molar-refractivity contribution in [2.45, 2.75) is 46.0 Å². The Morgan fingerprint density at radius 1 is 1.14 bits per heavy atom. The Hall–Kier alpha value is -0.570. The van der Waals surface area contributed by atoms with E-state index in [9.17, 15) is 4.79 Å². The van der Waals surface area contributed by atoms with Gasteiger partial charge in [-0.2, -0.15) is 0 Å². The molecule has 0 rings (SSSR count). The molecule has 0 aromatic heterocycles. The predicted octanol–water partition coefficient (Wildman–Crippen LogP) is 1.76. The molecule has 2 N–H and O–H groups in total. The van der Waals surface area contributed by atoms with E-state index >= 15 is 0 Å². The summed E-state index contributed by atoms with van der Waals surface area (Å²) in [6, 6.07) is 0. The van der Waals surface area contributed by atoms with Crippen molar-refractivity contribution in [1.29, 1.82) is 0 Å². The Morgan fingerprint density at radius 3 is 2.29 bits per heavy atom. The smallest absolute Gasteiger partial charge is 0.219 e. The lowest BCUT2D eigenvalue weighted by Gasteiger charge is -2.20. The van der Waals surface area contributed by atoms with Crippen molar-refractivity contribution < 1.29 is 4.79 Å². The number of nitrogens with two attached hydrogens (primary N) is 1. The molecule has 0 saturated heterocycles. The molecule has 3 heteroatoms. The van der Waals surface area contributed by atoms with Crippen LogP contribution >= 0.6 is 0 Å². The fourth-order valence-corrected chi connectivity index (χ4v) is 1.44. The van der Waals surface area contributed by atoms with Gasteiger partial charge in [0.15, 0.2) is 0 Å². The van der Waals surface area contributed by atoms with Gasteiger partial charge in [0.25, 0.3) is 0 Å². The SMILES string of the molecule is CCCCCCN(CCCN)C(C)=O. The summed E-state index contributed by atoms with van der Waals surface area (Å²) < 4.78 is 0. The van der Waals surface area contributed by atoms with Gasteiger partial charge >= 0.3 is 0 Å². The number of nitrogens with zero attached hydrogens (tertiary/aromatic N) is 1. The number of carbonyl (C=O) groups excluding carboxylic acids is 1. The van der Waals surface area contributed by atoms with E-state index in [0.29, 0.717) is 6.54 Å². The van der Waals surface area contributed by atoms with Crippen LogP contribution in [0.4, 0.5) is 0 Å². The van der Waals surface area contributed by atoms with E-state index in [2.05, 4.69) is 6.92 Å². The Bertz CT molecular complexity index is 148. The normalized spacial score (nSPS) is 10.2. The van der Waals surface area contributed by atoms with Gasteiger partial charge in [0.2, 0.25) is 5.91 Å². The first-order valence-electron chi connectivity index (χ1n) is 5.68. The van der Waals surface area contributed by atoms with Gasteiger partial charge in [-0.3, -0.25) is 4.79 Å². The molecule has 0 spiro atoms. The average Bonchev–Trinajstić information content (AvgIpc) is 2.16. The zero-order valence-electron chi connectivity index (χ0n) is 9.59. The van der Waals surface area contributed by atoms with Gasteiger partial charge in [-0.05, 0) is 19.4 Å². The zero-order valence-corrected chi connectivity index (χ0v) is 9.59. The van der Waals surface area contributed by atoms with Crippen LogP contribution in [0.3, 0.4) is 0 Å². The third-order valence-electron chi connectivity index (χ3n) is 2.36. The average molecular weight is 200 g/mol. The van der Waals surface area contributed by atoms with Crippen molar-refractivity contribution in [2.75, 3.05) is 19.6 Å². The second-order valence-corrected chi connectivity index (χ2v) is 3.71. The second-order valence-electron chi connectivity index (χ2n) is 3.71. The summed E-state index contributed by atoms with van der Waals surface area (Å²) in [6.07, 6.45) is 5.76. The lowest BCUT2D eigenvalue weighted by molar-refractivity contribution is -0.128. The molecule has 0 unspecified atom stereocenters. The Balaban J connectivity index is 3.57. The van der Waals surface area contributed by atoms with Crippen LogP contribution in [-0.4, -0.2) is 30.4 Å². The van der Waals surface area contributed by atoms with Crippen LogP contribution in [-0.2, 0) is 4.79 Å². The van der Waals surface area contributed by atoms with Crippen LogP contribution < -0.4 is 5.73 Å². The number of carbonyl (C=O) groups is 1. The van der Waals surface area contributed by atoms with Crippen LogP contribution in [0.5, 0.6) is 0 Å². The van der Waals surface area contributed by atoms with Gasteiger partial charge < -0.3 is 10.6 Å². The molecule has 3 nitrogen and oxygen atoms in total. The third kappa shape index (κ3) is 6.89. The highest BCUT2D eigenvalue weighted by atomic mass is 16.2. The number of amides is 1. The summed E-state index contributed by atoms with van der Waals surface area (Å²) in [5.41, 5.74) is 5.42. The number of hydrogen-bond acceptors (Lipinski definition) is 2. The molecule has 0 aromatic carbocycles. The first-order valence-corrected chi connectivity index (χ1v) is 5.68. The molecule has 0 fully saturated rings. The monoisotopic (exact) mass is 200 g/mol. The highest BCUT2D eigenvalue weighted by Gasteiger charge is 2.06. The predicted molar refractivity (Wildman–Crippen MR) is 60.1 cm³/mol. The standard InChI is InChI=1S/C11H24N2O/c1-3-4-5-6-9-13(11(2)14)10-7-8-12/h3-10,12H2,1-2H3. The number of unbranched alkanes of at least 4 members (excludes halogenated alkanes) is 3. The maximum Gasteiger partial charge on any atom is 0.219 e.